The molecule has 1 aliphatic rings. The highest BCUT2D eigenvalue weighted by Crippen LogP contribution is 2.20. The van der Waals surface area contributed by atoms with Gasteiger partial charge in [0.1, 0.15) is 11.6 Å². The zero-order chi connectivity index (χ0) is 18.1. The molecule has 1 fully saturated rings. The molecule has 1 heterocycles. The summed E-state index contributed by atoms with van der Waals surface area (Å²) in [6.45, 7) is 10.3. The third-order valence-electron chi connectivity index (χ3n) is 4.19. The Bertz CT molecular complexity index is 568. The summed E-state index contributed by atoms with van der Waals surface area (Å²) in [6, 6.07) is 3.69. The Morgan fingerprint density at radius 3 is 2.65 bits per heavy atom. The summed E-state index contributed by atoms with van der Waals surface area (Å²) < 4.78 is 32.2. The van der Waals surface area contributed by atoms with E-state index >= 15 is 0 Å². The number of morpholine rings is 1. The second-order valence-corrected chi connectivity index (χ2v) is 6.17. The van der Waals surface area contributed by atoms with E-state index in [-0.39, 0.29) is 29.9 Å². The van der Waals surface area contributed by atoms with Crippen LogP contribution in [0.5, 0.6) is 0 Å². The number of ether oxygens (including phenoxy) is 1. The molecule has 1 saturated heterocycles. The van der Waals surface area contributed by atoms with E-state index in [1.54, 1.807) is 0 Å². The molecule has 1 unspecified atom stereocenters. The van der Waals surface area contributed by atoms with Crippen LogP contribution in [0.4, 0.5) is 8.78 Å². The van der Waals surface area contributed by atoms with Crippen molar-refractivity contribution < 1.29 is 13.5 Å². The van der Waals surface area contributed by atoms with E-state index < -0.39 is 11.6 Å². The number of hydrogen-bond donors (Lipinski definition) is 2. The number of guanidine groups is 1. The summed E-state index contributed by atoms with van der Waals surface area (Å²) in [5, 5.41) is 6.49. The summed E-state index contributed by atoms with van der Waals surface area (Å²) in [6.07, 6.45) is 0. The number of halogens is 3. The van der Waals surface area contributed by atoms with Crippen molar-refractivity contribution in [3.8, 4) is 0 Å². The summed E-state index contributed by atoms with van der Waals surface area (Å²) in [7, 11) is 0. The van der Waals surface area contributed by atoms with Crippen LogP contribution in [0.25, 0.3) is 0 Å². The van der Waals surface area contributed by atoms with Gasteiger partial charge in [-0.1, -0.05) is 13.0 Å². The van der Waals surface area contributed by atoms with E-state index in [4.69, 9.17) is 4.74 Å². The number of rotatable bonds is 7. The number of nitrogens with zero attached hydrogens (tertiary/aromatic N) is 2. The number of benzene rings is 1. The van der Waals surface area contributed by atoms with Crippen LogP contribution < -0.4 is 10.6 Å². The number of hydrogen-bond acceptors (Lipinski definition) is 3. The molecule has 0 bridgehead atoms. The largest absolute Gasteiger partial charge is 0.379 e. The monoisotopic (exact) mass is 482 g/mol. The average Bonchev–Trinajstić information content (AvgIpc) is 2.60. The first kappa shape index (κ1) is 23.0. The molecule has 0 amide bonds. The van der Waals surface area contributed by atoms with Gasteiger partial charge in [-0.05, 0) is 18.6 Å². The Balaban J connectivity index is 0.00000338. The van der Waals surface area contributed by atoms with Crippen LogP contribution in [-0.4, -0.2) is 63.3 Å². The van der Waals surface area contributed by atoms with E-state index in [9.17, 15) is 8.78 Å². The van der Waals surface area contributed by atoms with E-state index in [0.717, 1.165) is 52.0 Å². The van der Waals surface area contributed by atoms with Crippen molar-refractivity contribution in [3.05, 3.63) is 35.4 Å². The molecule has 2 rings (SSSR count). The normalized spacial score (nSPS) is 16.7. The number of nitrogens with one attached hydrogen (secondary N) is 2. The molecule has 1 atom stereocenters. The standard InChI is InChI=1S/C18H28F2N4O.HI/c1-3-21-18(22-6-7-24-8-10-25-11-9-24)23-13-14(2)16-5-4-15(19)12-17(16)20;/h4-5,12,14H,3,6-11,13H2,1-2H3,(H2,21,22,23);1H. The van der Waals surface area contributed by atoms with Crippen molar-refractivity contribution in [1.29, 1.82) is 0 Å². The third kappa shape index (κ3) is 7.71. The average molecular weight is 482 g/mol. The highest BCUT2D eigenvalue weighted by molar-refractivity contribution is 14.0. The highest BCUT2D eigenvalue weighted by Gasteiger charge is 2.12. The third-order valence-corrected chi connectivity index (χ3v) is 4.19. The molecule has 0 spiro atoms. The molecular weight excluding hydrogens is 453 g/mol. The van der Waals surface area contributed by atoms with Crippen LogP contribution in [0.2, 0.25) is 0 Å². The van der Waals surface area contributed by atoms with E-state index in [2.05, 4.69) is 20.5 Å². The van der Waals surface area contributed by atoms with Gasteiger partial charge in [-0.3, -0.25) is 9.89 Å². The lowest BCUT2D eigenvalue weighted by atomic mass is 10.0. The van der Waals surface area contributed by atoms with Gasteiger partial charge in [0.2, 0.25) is 0 Å². The first-order valence-electron chi connectivity index (χ1n) is 8.87. The smallest absolute Gasteiger partial charge is 0.191 e. The van der Waals surface area contributed by atoms with Gasteiger partial charge in [0.05, 0.1) is 13.2 Å². The van der Waals surface area contributed by atoms with Crippen LogP contribution in [-0.2, 0) is 4.74 Å². The number of aliphatic imine (C=N–C) groups is 1. The van der Waals surface area contributed by atoms with Crippen molar-refractivity contribution in [2.75, 3.05) is 52.5 Å². The van der Waals surface area contributed by atoms with Crippen molar-refractivity contribution >= 4 is 29.9 Å². The topological polar surface area (TPSA) is 48.9 Å². The lowest BCUT2D eigenvalue weighted by molar-refractivity contribution is 0.0389. The van der Waals surface area contributed by atoms with Gasteiger partial charge in [0, 0.05) is 51.3 Å². The molecule has 0 saturated carbocycles. The van der Waals surface area contributed by atoms with Gasteiger partial charge in [0.25, 0.3) is 0 Å². The summed E-state index contributed by atoms with van der Waals surface area (Å²) in [5.41, 5.74) is 0.481. The molecule has 5 nitrogen and oxygen atoms in total. The van der Waals surface area contributed by atoms with Gasteiger partial charge in [-0.25, -0.2) is 8.78 Å². The fourth-order valence-corrected chi connectivity index (χ4v) is 2.73. The van der Waals surface area contributed by atoms with Crippen molar-refractivity contribution in [2.45, 2.75) is 19.8 Å². The van der Waals surface area contributed by atoms with Gasteiger partial charge in [-0.15, -0.1) is 24.0 Å². The van der Waals surface area contributed by atoms with Crippen molar-refractivity contribution in [3.63, 3.8) is 0 Å². The molecule has 26 heavy (non-hydrogen) atoms. The minimum Gasteiger partial charge on any atom is -0.379 e. The minimum absolute atomic E-state index is 0. The molecule has 1 aromatic carbocycles. The molecule has 0 aromatic heterocycles. The Kier molecular flexibility index (Phi) is 11.0. The van der Waals surface area contributed by atoms with Gasteiger partial charge >= 0.3 is 0 Å². The zero-order valence-electron chi connectivity index (χ0n) is 15.4. The van der Waals surface area contributed by atoms with Crippen LogP contribution in [0.15, 0.2) is 23.2 Å². The van der Waals surface area contributed by atoms with Crippen LogP contribution in [0.1, 0.15) is 25.3 Å². The fraction of sp³-hybridized carbons (Fsp3) is 0.611. The fourth-order valence-electron chi connectivity index (χ4n) is 2.73. The van der Waals surface area contributed by atoms with Crippen molar-refractivity contribution in [1.82, 2.24) is 15.5 Å². The molecular formula is C18H29F2IN4O. The maximum Gasteiger partial charge on any atom is 0.191 e. The van der Waals surface area contributed by atoms with Gasteiger partial charge < -0.3 is 15.4 Å². The van der Waals surface area contributed by atoms with E-state index in [1.165, 1.54) is 12.1 Å². The molecule has 1 aromatic rings. The molecule has 1 aliphatic heterocycles. The second kappa shape index (κ2) is 12.4. The van der Waals surface area contributed by atoms with E-state index in [0.29, 0.717) is 18.1 Å². The van der Waals surface area contributed by atoms with Crippen molar-refractivity contribution in [2.24, 2.45) is 4.99 Å². The Labute approximate surface area is 171 Å². The maximum atomic E-state index is 13.8. The van der Waals surface area contributed by atoms with Crippen LogP contribution in [0.3, 0.4) is 0 Å². The summed E-state index contributed by atoms with van der Waals surface area (Å²) in [4.78, 5) is 6.87. The Morgan fingerprint density at radius 2 is 2.00 bits per heavy atom. The maximum absolute atomic E-state index is 13.8. The van der Waals surface area contributed by atoms with Crippen LogP contribution >= 0.6 is 24.0 Å². The predicted octanol–water partition coefficient (Wildman–Crippen LogP) is 2.57. The lowest BCUT2D eigenvalue weighted by Crippen LogP contribution is -2.44. The van der Waals surface area contributed by atoms with Gasteiger partial charge in [0.15, 0.2) is 5.96 Å². The first-order chi connectivity index (χ1) is 12.1. The SMILES string of the molecule is CCNC(=NCC(C)c1ccc(F)cc1F)NCCN1CCOCC1.I. The zero-order valence-corrected chi connectivity index (χ0v) is 17.8. The summed E-state index contributed by atoms with van der Waals surface area (Å²) >= 11 is 0. The second-order valence-electron chi connectivity index (χ2n) is 6.17. The lowest BCUT2D eigenvalue weighted by Gasteiger charge is -2.26. The Morgan fingerprint density at radius 1 is 1.27 bits per heavy atom. The first-order valence-corrected chi connectivity index (χ1v) is 8.87. The molecule has 2 N–H and O–H groups in total. The van der Waals surface area contributed by atoms with E-state index in [1.807, 2.05) is 13.8 Å². The molecule has 8 heteroatoms. The minimum atomic E-state index is -0.560. The molecule has 148 valence electrons. The molecule has 0 radical (unpaired) electrons. The van der Waals surface area contributed by atoms with Crippen LogP contribution in [0, 0.1) is 11.6 Å². The molecule has 0 aliphatic carbocycles. The summed E-state index contributed by atoms with van der Waals surface area (Å²) in [5.74, 6) is -0.497. The quantitative estimate of drug-likeness (QED) is 0.357. The Hall–Kier alpha value is -1.00. The highest BCUT2D eigenvalue weighted by atomic mass is 127. The van der Waals surface area contributed by atoms with Gasteiger partial charge in [-0.2, -0.15) is 0 Å². The predicted molar refractivity (Wildman–Crippen MR) is 111 cm³/mol.